The predicted molar refractivity (Wildman–Crippen MR) is 73.1 cm³/mol. The molecule has 2 rings (SSSR count). The van der Waals surface area contributed by atoms with Gasteiger partial charge in [0.1, 0.15) is 5.75 Å². The van der Waals surface area contributed by atoms with Crippen LogP contribution in [0.15, 0.2) is 24.3 Å². The average Bonchev–Trinajstić information content (AvgIpc) is 2.85. The number of nitrogens with one attached hydrogen (secondary N) is 1. The molecule has 100 valence electrons. The molecule has 0 aliphatic carbocycles. The Labute approximate surface area is 109 Å². The van der Waals surface area contributed by atoms with Crippen molar-refractivity contribution in [3.8, 4) is 5.75 Å². The Kier molecular flexibility index (Phi) is 4.25. The second-order valence-corrected chi connectivity index (χ2v) is 5.07. The predicted octanol–water partition coefficient (Wildman–Crippen LogP) is 2.30. The van der Waals surface area contributed by atoms with Crippen LogP contribution in [0, 0.1) is 0 Å². The minimum atomic E-state index is -0.141. The summed E-state index contributed by atoms with van der Waals surface area (Å²) in [5.74, 6) is 1.40. The van der Waals surface area contributed by atoms with E-state index in [0.717, 1.165) is 31.7 Å². The first-order chi connectivity index (χ1) is 8.74. The van der Waals surface area contributed by atoms with Crippen LogP contribution < -0.4 is 10.1 Å². The van der Waals surface area contributed by atoms with Gasteiger partial charge in [0, 0.05) is 23.6 Å². The fourth-order valence-corrected chi connectivity index (χ4v) is 2.52. The fraction of sp³-hybridized carbons (Fsp3) is 0.600. The van der Waals surface area contributed by atoms with E-state index in [4.69, 9.17) is 4.74 Å². The van der Waals surface area contributed by atoms with Crippen molar-refractivity contribution in [1.29, 1.82) is 0 Å². The molecule has 0 bridgehead atoms. The molecule has 1 aromatic carbocycles. The molecule has 1 atom stereocenters. The number of ether oxygens (including phenoxy) is 1. The van der Waals surface area contributed by atoms with Gasteiger partial charge in [-0.25, -0.2) is 0 Å². The van der Waals surface area contributed by atoms with Gasteiger partial charge >= 0.3 is 0 Å². The van der Waals surface area contributed by atoms with E-state index in [9.17, 15) is 5.11 Å². The highest BCUT2D eigenvalue weighted by atomic mass is 16.5. The maximum absolute atomic E-state index is 9.55. The van der Waals surface area contributed by atoms with Crippen LogP contribution in [0.5, 0.6) is 5.75 Å². The molecule has 0 saturated carbocycles. The summed E-state index contributed by atoms with van der Waals surface area (Å²) in [4.78, 5) is 0. The van der Waals surface area contributed by atoms with Gasteiger partial charge in [-0.15, -0.1) is 0 Å². The molecule has 1 aliphatic heterocycles. The van der Waals surface area contributed by atoms with E-state index in [1.54, 1.807) is 0 Å². The molecule has 0 radical (unpaired) electrons. The van der Waals surface area contributed by atoms with Crippen LogP contribution in [0.25, 0.3) is 0 Å². The van der Waals surface area contributed by atoms with Gasteiger partial charge in [-0.1, -0.05) is 32.0 Å². The Bertz CT molecular complexity index is 380. The van der Waals surface area contributed by atoms with Crippen LogP contribution in [0.4, 0.5) is 0 Å². The van der Waals surface area contributed by atoms with Crippen molar-refractivity contribution in [2.24, 2.45) is 0 Å². The first-order valence-corrected chi connectivity index (χ1v) is 6.82. The minimum absolute atomic E-state index is 0.141. The summed E-state index contributed by atoms with van der Waals surface area (Å²) < 4.78 is 5.67. The van der Waals surface area contributed by atoms with Crippen molar-refractivity contribution < 1.29 is 9.84 Å². The zero-order valence-corrected chi connectivity index (χ0v) is 11.3. The van der Waals surface area contributed by atoms with E-state index in [2.05, 4.69) is 31.3 Å². The highest BCUT2D eigenvalue weighted by Gasteiger charge is 2.29. The molecular formula is C15H23NO2. The van der Waals surface area contributed by atoms with Gasteiger partial charge in [0.2, 0.25) is 0 Å². The summed E-state index contributed by atoms with van der Waals surface area (Å²) in [7, 11) is 0. The molecule has 0 aromatic heterocycles. The van der Waals surface area contributed by atoms with Crippen LogP contribution >= 0.6 is 0 Å². The third-order valence-electron chi connectivity index (χ3n) is 4.18. The maximum atomic E-state index is 9.55. The van der Waals surface area contributed by atoms with Crippen LogP contribution in [0.2, 0.25) is 0 Å². The summed E-state index contributed by atoms with van der Waals surface area (Å²) in [5, 5.41) is 13.1. The van der Waals surface area contributed by atoms with Crippen molar-refractivity contribution in [3.63, 3.8) is 0 Å². The van der Waals surface area contributed by atoms with E-state index in [1.807, 2.05) is 12.1 Å². The minimum Gasteiger partial charge on any atom is -0.493 e. The standard InChI is InChI=1S/C15H23NO2/c1-3-15(4-2,11-17)16-9-12-10-18-14-8-6-5-7-13(12)14/h5-8,12,16-17H,3-4,9-11H2,1-2H3. The Hall–Kier alpha value is -1.06. The molecule has 0 amide bonds. The Morgan fingerprint density at radius 2 is 2.06 bits per heavy atom. The molecule has 1 heterocycles. The van der Waals surface area contributed by atoms with Crippen LogP contribution in [-0.2, 0) is 0 Å². The molecule has 3 heteroatoms. The first-order valence-electron chi connectivity index (χ1n) is 6.82. The third kappa shape index (κ3) is 2.52. The van der Waals surface area contributed by atoms with E-state index < -0.39 is 0 Å². The number of hydrogen-bond acceptors (Lipinski definition) is 3. The summed E-state index contributed by atoms with van der Waals surface area (Å²) in [5.41, 5.74) is 1.14. The van der Waals surface area contributed by atoms with E-state index in [0.29, 0.717) is 5.92 Å². The molecule has 1 aliphatic rings. The van der Waals surface area contributed by atoms with Crippen molar-refractivity contribution in [1.82, 2.24) is 5.32 Å². The number of benzene rings is 1. The number of para-hydroxylation sites is 1. The van der Waals surface area contributed by atoms with E-state index in [-0.39, 0.29) is 12.1 Å². The summed E-state index contributed by atoms with van der Waals surface area (Å²) in [6, 6.07) is 8.21. The smallest absolute Gasteiger partial charge is 0.122 e. The third-order valence-corrected chi connectivity index (χ3v) is 4.18. The van der Waals surface area contributed by atoms with Gasteiger partial charge in [0.15, 0.2) is 0 Å². The lowest BCUT2D eigenvalue weighted by Crippen LogP contribution is -2.49. The number of hydrogen-bond donors (Lipinski definition) is 2. The molecular weight excluding hydrogens is 226 g/mol. The number of fused-ring (bicyclic) bond motifs is 1. The Balaban J connectivity index is 2.00. The zero-order valence-electron chi connectivity index (χ0n) is 11.3. The van der Waals surface area contributed by atoms with Crippen LogP contribution in [0.3, 0.4) is 0 Å². The van der Waals surface area contributed by atoms with Crippen molar-refractivity contribution in [2.75, 3.05) is 19.8 Å². The maximum Gasteiger partial charge on any atom is 0.122 e. The molecule has 1 unspecified atom stereocenters. The lowest BCUT2D eigenvalue weighted by molar-refractivity contribution is 0.147. The lowest BCUT2D eigenvalue weighted by atomic mass is 9.92. The van der Waals surface area contributed by atoms with Crippen LogP contribution in [-0.4, -0.2) is 30.4 Å². The molecule has 0 saturated heterocycles. The highest BCUT2D eigenvalue weighted by molar-refractivity contribution is 5.39. The van der Waals surface area contributed by atoms with E-state index >= 15 is 0 Å². The molecule has 0 fully saturated rings. The molecule has 0 spiro atoms. The monoisotopic (exact) mass is 249 g/mol. The normalized spacial score (nSPS) is 18.5. The Morgan fingerprint density at radius 1 is 1.33 bits per heavy atom. The lowest BCUT2D eigenvalue weighted by Gasteiger charge is -2.32. The second-order valence-electron chi connectivity index (χ2n) is 5.07. The van der Waals surface area contributed by atoms with Crippen molar-refractivity contribution >= 4 is 0 Å². The average molecular weight is 249 g/mol. The number of aliphatic hydroxyl groups excluding tert-OH is 1. The molecule has 3 nitrogen and oxygen atoms in total. The first kappa shape index (κ1) is 13.4. The highest BCUT2D eigenvalue weighted by Crippen LogP contribution is 2.33. The summed E-state index contributed by atoms with van der Waals surface area (Å²) in [6.45, 7) is 6.02. The summed E-state index contributed by atoms with van der Waals surface area (Å²) >= 11 is 0. The van der Waals surface area contributed by atoms with E-state index in [1.165, 1.54) is 5.56 Å². The SMILES string of the molecule is CCC(CC)(CO)NCC1COc2ccccc21. The van der Waals surface area contributed by atoms with Gasteiger partial charge < -0.3 is 15.2 Å². The number of aliphatic hydroxyl groups is 1. The fourth-order valence-electron chi connectivity index (χ4n) is 2.52. The summed E-state index contributed by atoms with van der Waals surface area (Å²) in [6.07, 6.45) is 1.88. The topological polar surface area (TPSA) is 41.5 Å². The van der Waals surface area contributed by atoms with Gasteiger partial charge in [-0.2, -0.15) is 0 Å². The number of rotatable bonds is 6. The Morgan fingerprint density at radius 3 is 2.72 bits per heavy atom. The largest absolute Gasteiger partial charge is 0.493 e. The van der Waals surface area contributed by atoms with Gasteiger partial charge in [-0.05, 0) is 18.9 Å². The molecule has 18 heavy (non-hydrogen) atoms. The molecule has 2 N–H and O–H groups in total. The van der Waals surface area contributed by atoms with Gasteiger partial charge in [0.25, 0.3) is 0 Å². The zero-order chi connectivity index (χ0) is 13.0. The molecule has 1 aromatic rings. The quantitative estimate of drug-likeness (QED) is 0.813. The van der Waals surface area contributed by atoms with Gasteiger partial charge in [-0.3, -0.25) is 0 Å². The van der Waals surface area contributed by atoms with Crippen molar-refractivity contribution in [2.45, 2.75) is 38.1 Å². The van der Waals surface area contributed by atoms with Crippen molar-refractivity contribution in [3.05, 3.63) is 29.8 Å². The van der Waals surface area contributed by atoms with Crippen LogP contribution in [0.1, 0.15) is 38.2 Å². The second kappa shape index (κ2) is 5.72. The van der Waals surface area contributed by atoms with Gasteiger partial charge in [0.05, 0.1) is 13.2 Å².